The summed E-state index contributed by atoms with van der Waals surface area (Å²) in [6.07, 6.45) is 11.4. The fourth-order valence-corrected chi connectivity index (χ4v) is 9.47. The lowest BCUT2D eigenvalue weighted by Crippen LogP contribution is -2.43. The van der Waals surface area contributed by atoms with Crippen LogP contribution in [0.25, 0.3) is 16.3 Å². The average molecular weight is 794 g/mol. The summed E-state index contributed by atoms with van der Waals surface area (Å²) in [5.74, 6) is -1.28. The lowest BCUT2D eigenvalue weighted by Gasteiger charge is -2.32. The number of carboxylic acid groups (broad SMARTS) is 1. The van der Waals surface area contributed by atoms with E-state index < -0.39 is 22.1 Å². The first-order valence-electron chi connectivity index (χ1n) is 17.6. The lowest BCUT2D eigenvalue weighted by molar-refractivity contribution is -0.668. The summed E-state index contributed by atoms with van der Waals surface area (Å²) in [6, 6.07) is 20.6. The summed E-state index contributed by atoms with van der Waals surface area (Å²) in [4.78, 5) is 30.0. The van der Waals surface area contributed by atoms with Gasteiger partial charge < -0.3 is 20.2 Å². The summed E-state index contributed by atoms with van der Waals surface area (Å²) >= 11 is 9.78. The number of benzene rings is 3. The molecule has 278 valence electrons. The molecule has 53 heavy (non-hydrogen) atoms. The van der Waals surface area contributed by atoms with Crippen molar-refractivity contribution in [3.63, 3.8) is 0 Å². The number of carboxylic acids is 1. The number of para-hydroxylation sites is 1. The number of fused-ring (bicyclic) bond motifs is 2. The molecule has 0 spiro atoms. The average Bonchev–Trinajstić information content (AvgIpc) is 3.65. The number of rotatable bonds is 15. The number of carbonyl (C=O) groups excluding carboxylic acids is 1. The molecule has 0 aliphatic carbocycles. The first-order chi connectivity index (χ1) is 25.5. The first kappa shape index (κ1) is 38.6. The Morgan fingerprint density at radius 2 is 1.89 bits per heavy atom. The molecule has 3 N–H and O–H groups in total. The summed E-state index contributed by atoms with van der Waals surface area (Å²) in [7, 11) is -4.06. The molecule has 3 aromatic carbocycles. The number of aryl methyl sites for hydroxylation is 1. The minimum Gasteiger partial charge on any atom is -0.480 e. The number of hydrogen-bond acceptors (Lipinski definition) is 8. The Balaban J connectivity index is 1.14. The molecule has 3 heterocycles. The van der Waals surface area contributed by atoms with Crippen LogP contribution in [0.15, 0.2) is 100 Å². The second kappa shape index (κ2) is 17.3. The normalized spacial score (nSPS) is 16.8. The number of aliphatic carboxylic acids is 1. The Morgan fingerprint density at radius 1 is 1.06 bits per heavy atom. The van der Waals surface area contributed by atoms with Crippen LogP contribution in [0, 0.1) is 0 Å². The third kappa shape index (κ3) is 9.89. The molecule has 0 fully saturated rings. The molecule has 10 nitrogen and oxygen atoms in total. The van der Waals surface area contributed by atoms with E-state index in [1.165, 1.54) is 0 Å². The number of aromatic nitrogens is 1. The maximum Gasteiger partial charge on any atom is 0.326 e. The monoisotopic (exact) mass is 793 g/mol. The van der Waals surface area contributed by atoms with Crippen LogP contribution < -0.4 is 19.7 Å². The van der Waals surface area contributed by atoms with Crippen molar-refractivity contribution >= 4 is 90.0 Å². The van der Waals surface area contributed by atoms with Crippen LogP contribution >= 0.6 is 34.7 Å². The molecule has 1 atom stereocenters. The van der Waals surface area contributed by atoms with E-state index in [0.717, 1.165) is 54.9 Å². The Kier molecular flexibility index (Phi) is 12.6. The van der Waals surface area contributed by atoms with Gasteiger partial charge in [-0.25, -0.2) is 4.79 Å². The number of thiazole rings is 1. The number of hydrogen-bond donors (Lipinski definition) is 3. The predicted molar refractivity (Wildman–Crippen MR) is 216 cm³/mol. The highest BCUT2D eigenvalue weighted by atomic mass is 35.5. The molecule has 0 radical (unpaired) electrons. The smallest absolute Gasteiger partial charge is 0.326 e. The quantitative estimate of drug-likeness (QED) is 0.0470. The van der Waals surface area contributed by atoms with Gasteiger partial charge in [0.05, 0.1) is 16.5 Å². The molecule has 4 aromatic rings. The summed E-state index contributed by atoms with van der Waals surface area (Å²) in [5, 5.41) is 15.4. The molecule has 14 heteroatoms. The highest BCUT2D eigenvalue weighted by Gasteiger charge is 2.28. The molecule has 1 aromatic heterocycles. The summed E-state index contributed by atoms with van der Waals surface area (Å²) in [6.45, 7) is 3.74. The highest BCUT2D eigenvalue weighted by Crippen LogP contribution is 2.47. The zero-order valence-electron chi connectivity index (χ0n) is 29.3. The molecule has 2 aliphatic rings. The van der Waals surface area contributed by atoms with Crippen LogP contribution in [-0.2, 0) is 26.3 Å². The van der Waals surface area contributed by atoms with Gasteiger partial charge in [-0.05, 0) is 79.8 Å². The van der Waals surface area contributed by atoms with Gasteiger partial charge in [-0.15, -0.1) is 0 Å². The van der Waals surface area contributed by atoms with Gasteiger partial charge in [0, 0.05) is 59.4 Å². The van der Waals surface area contributed by atoms with Crippen molar-refractivity contribution in [3.05, 3.63) is 106 Å². The molecule has 0 bridgehead atoms. The lowest BCUT2D eigenvalue weighted by atomic mass is 10.1. The van der Waals surface area contributed by atoms with Crippen LogP contribution in [-0.4, -0.2) is 54.8 Å². The fourth-order valence-electron chi connectivity index (χ4n) is 6.50. The van der Waals surface area contributed by atoms with Crippen LogP contribution in [0.2, 0.25) is 5.02 Å². The van der Waals surface area contributed by atoms with E-state index in [0.29, 0.717) is 56.0 Å². The van der Waals surface area contributed by atoms with E-state index in [2.05, 4.69) is 39.9 Å². The number of anilines is 3. The first-order valence-corrected chi connectivity index (χ1v) is 21.2. The van der Waals surface area contributed by atoms with Crippen LogP contribution in [0.1, 0.15) is 50.5 Å². The van der Waals surface area contributed by atoms with E-state index in [1.54, 1.807) is 23.1 Å². The Morgan fingerprint density at radius 3 is 2.68 bits per heavy atom. The third-order valence-corrected chi connectivity index (χ3v) is 12.4. The number of amides is 1. The largest absolute Gasteiger partial charge is 0.480 e. The van der Waals surface area contributed by atoms with Crippen molar-refractivity contribution in [2.75, 3.05) is 34.0 Å². The number of unbranched alkanes of at least 4 members (excludes halogenated alkanes) is 1. The SMILES string of the molecule is CCC(=Cc1sc2ccccc2[n+]1CCCS(=O)(=O)O)C=C1Sc2ccc(Cl)cc2N1CCCCC(=O)Nc1cccc(N2CC=CCC2C(=O)O)c1. The predicted octanol–water partition coefficient (Wildman–Crippen LogP) is 8.40. The van der Waals surface area contributed by atoms with Crippen molar-refractivity contribution < 1.29 is 32.2 Å². The number of carbonyl (C=O) groups is 2. The summed E-state index contributed by atoms with van der Waals surface area (Å²) in [5.41, 5.74) is 4.53. The van der Waals surface area contributed by atoms with Gasteiger partial charge in [-0.2, -0.15) is 13.0 Å². The molecular formula is C39H42ClN4O6S3+. The maximum absolute atomic E-state index is 13.0. The minimum atomic E-state index is -4.06. The molecule has 0 saturated carbocycles. The summed E-state index contributed by atoms with van der Waals surface area (Å²) < 4.78 is 35.4. The molecular weight excluding hydrogens is 752 g/mol. The van der Waals surface area contributed by atoms with Gasteiger partial charge >= 0.3 is 5.97 Å². The topological polar surface area (TPSA) is 131 Å². The fraction of sp³-hybridized carbons (Fsp3) is 0.308. The number of halogens is 1. The van der Waals surface area contributed by atoms with E-state index in [1.807, 2.05) is 77.7 Å². The maximum atomic E-state index is 13.0. The molecule has 6 rings (SSSR count). The van der Waals surface area contributed by atoms with E-state index >= 15 is 0 Å². The Hall–Kier alpha value is -4.14. The van der Waals surface area contributed by atoms with Crippen LogP contribution in [0.4, 0.5) is 17.1 Å². The van der Waals surface area contributed by atoms with Crippen molar-refractivity contribution in [1.82, 2.24) is 0 Å². The second-order valence-corrected chi connectivity index (χ2v) is 17.0. The zero-order valence-corrected chi connectivity index (χ0v) is 32.5. The van der Waals surface area contributed by atoms with Gasteiger partial charge in [0.15, 0.2) is 6.54 Å². The number of nitrogens with one attached hydrogen (secondary N) is 1. The van der Waals surface area contributed by atoms with Crippen molar-refractivity contribution in [2.24, 2.45) is 0 Å². The van der Waals surface area contributed by atoms with E-state index in [9.17, 15) is 27.7 Å². The molecule has 0 saturated heterocycles. The Labute approximate surface area is 323 Å². The number of thioether (sulfide) groups is 1. The van der Waals surface area contributed by atoms with E-state index in [-0.39, 0.29) is 11.7 Å². The van der Waals surface area contributed by atoms with Crippen LogP contribution in [0.5, 0.6) is 0 Å². The third-order valence-electron chi connectivity index (χ3n) is 9.13. The van der Waals surface area contributed by atoms with Crippen molar-refractivity contribution in [2.45, 2.75) is 62.9 Å². The van der Waals surface area contributed by atoms with Gasteiger partial charge in [-0.3, -0.25) is 9.35 Å². The molecule has 2 aliphatic heterocycles. The van der Waals surface area contributed by atoms with Gasteiger partial charge in [0.25, 0.3) is 15.1 Å². The highest BCUT2D eigenvalue weighted by molar-refractivity contribution is 8.03. The minimum absolute atomic E-state index is 0.102. The number of nitrogens with zero attached hydrogens (tertiary/aromatic N) is 3. The van der Waals surface area contributed by atoms with Crippen molar-refractivity contribution in [3.8, 4) is 0 Å². The Bertz CT molecular complexity index is 2200. The standard InChI is InChI=1S/C39H41ClN4O6S3/c1-2-27(23-37-43(21-10-22-53(48,49)50)31-13-3-4-15-34(31)51-37)24-38-44(33-25-28(40)17-18-35(33)52-38)20-8-6-16-36(45)41-29-11-9-12-30(26-29)42-19-7-5-14-32(42)39(46)47/h3-5,7,9,11-13,15,17-18,23-26,32H,2,6,8,10,14,16,19-22H2,1H3,(H2-,41,45,46,47,48,49,50)/p+1. The molecule has 1 unspecified atom stereocenters. The second-order valence-electron chi connectivity index (χ2n) is 12.9. The zero-order chi connectivity index (χ0) is 37.5. The number of allylic oxidation sites excluding steroid dienone is 2. The van der Waals surface area contributed by atoms with E-state index in [4.69, 9.17) is 11.6 Å². The van der Waals surface area contributed by atoms with Crippen molar-refractivity contribution in [1.29, 1.82) is 0 Å². The van der Waals surface area contributed by atoms with Gasteiger partial charge in [0.1, 0.15) is 10.7 Å². The van der Waals surface area contributed by atoms with Gasteiger partial charge in [0.2, 0.25) is 11.4 Å². The molecule has 1 amide bonds. The van der Waals surface area contributed by atoms with Gasteiger partial charge in [-0.1, -0.05) is 72.0 Å². The van der Waals surface area contributed by atoms with Crippen LogP contribution in [0.3, 0.4) is 0 Å².